The molecule has 2 unspecified atom stereocenters. The number of nitrogens with one attached hydrogen (secondary N) is 2. The molecule has 0 saturated heterocycles. The number of para-hydroxylation sites is 1. The third kappa shape index (κ3) is 2.11. The second-order valence-corrected chi connectivity index (χ2v) is 6.12. The van der Waals surface area contributed by atoms with Crippen LogP contribution in [0.25, 0.3) is 22.2 Å². The largest absolute Gasteiger partial charge is 0.360 e. The minimum Gasteiger partial charge on any atom is -0.360 e. The van der Waals surface area contributed by atoms with Crippen molar-refractivity contribution in [3.05, 3.63) is 42.9 Å². The molecular weight excluding hydrogens is 288 g/mol. The number of aromatic nitrogens is 3. The third-order valence-electron chi connectivity index (χ3n) is 4.72. The second kappa shape index (κ2) is 5.19. The fraction of sp³-hybridized carbons (Fsp3) is 0.278. The first-order chi connectivity index (χ1) is 11.2. The third-order valence-corrected chi connectivity index (χ3v) is 4.72. The van der Waals surface area contributed by atoms with Gasteiger partial charge in [-0.1, -0.05) is 32.0 Å². The van der Waals surface area contributed by atoms with Crippen LogP contribution in [0.1, 0.15) is 25.1 Å². The molecule has 1 aliphatic heterocycles. The summed E-state index contributed by atoms with van der Waals surface area (Å²) in [7, 11) is 0. The van der Waals surface area contributed by atoms with Gasteiger partial charge in [-0.25, -0.2) is 9.78 Å². The molecule has 0 radical (unpaired) electrons. The first-order valence-electron chi connectivity index (χ1n) is 7.98. The fourth-order valence-corrected chi connectivity index (χ4v) is 3.12. The molecule has 1 aliphatic rings. The van der Waals surface area contributed by atoms with E-state index in [1.165, 1.54) is 0 Å². The van der Waals surface area contributed by atoms with Gasteiger partial charge in [-0.3, -0.25) is 5.32 Å². The molecule has 3 aromatic rings. The van der Waals surface area contributed by atoms with Crippen LogP contribution in [0.4, 0.5) is 5.82 Å². The molecule has 2 N–H and O–H groups in total. The number of nitrogens with zero attached hydrogens (tertiary/aromatic N) is 2. The fourth-order valence-electron chi connectivity index (χ4n) is 3.12. The van der Waals surface area contributed by atoms with Gasteiger partial charge in [0.25, 0.3) is 0 Å². The standard InChI is InChI=1S/C18H18N4O/c1-3-11(2)17-18(23)22-10-15(20-9-16(22)21-17)13-8-19-14-7-5-4-6-12(13)14/h4-11,17,19H,3H2,1-2H3/p+1. The molecule has 2 atom stereocenters. The Balaban J connectivity index is 1.78. The SMILES string of the molecule is CCC(C)C1Nc2cnc(-c3c[nH]c4ccccc34)c[n+]2C1=O. The highest BCUT2D eigenvalue weighted by Gasteiger charge is 2.41. The summed E-state index contributed by atoms with van der Waals surface area (Å²) in [5.41, 5.74) is 2.87. The summed E-state index contributed by atoms with van der Waals surface area (Å²) in [5, 5.41) is 4.40. The number of aromatic amines is 1. The highest BCUT2D eigenvalue weighted by molar-refractivity contribution is 5.94. The van der Waals surface area contributed by atoms with Gasteiger partial charge in [0, 0.05) is 28.6 Å². The van der Waals surface area contributed by atoms with Gasteiger partial charge in [0.2, 0.25) is 0 Å². The number of hydrogen-bond acceptors (Lipinski definition) is 3. The van der Waals surface area contributed by atoms with E-state index in [4.69, 9.17) is 0 Å². The number of anilines is 1. The predicted molar refractivity (Wildman–Crippen MR) is 89.2 cm³/mol. The zero-order valence-corrected chi connectivity index (χ0v) is 13.2. The molecule has 0 aliphatic carbocycles. The molecule has 4 rings (SSSR count). The zero-order valence-electron chi connectivity index (χ0n) is 13.2. The van der Waals surface area contributed by atoms with Crippen LogP contribution < -0.4 is 9.88 Å². The quantitative estimate of drug-likeness (QED) is 0.731. The number of fused-ring (bicyclic) bond motifs is 2. The number of benzene rings is 1. The van der Waals surface area contributed by atoms with Crippen molar-refractivity contribution in [2.75, 3.05) is 5.32 Å². The van der Waals surface area contributed by atoms with Crippen molar-refractivity contribution in [2.24, 2.45) is 5.92 Å². The van der Waals surface area contributed by atoms with Crippen molar-refractivity contribution in [1.29, 1.82) is 0 Å². The van der Waals surface area contributed by atoms with E-state index >= 15 is 0 Å². The summed E-state index contributed by atoms with van der Waals surface area (Å²) in [4.78, 5) is 20.4. The number of rotatable bonds is 3. The van der Waals surface area contributed by atoms with E-state index in [9.17, 15) is 4.79 Å². The highest BCUT2D eigenvalue weighted by Crippen LogP contribution is 2.27. The van der Waals surface area contributed by atoms with Crippen molar-refractivity contribution >= 4 is 22.6 Å². The van der Waals surface area contributed by atoms with Crippen molar-refractivity contribution in [3.8, 4) is 11.3 Å². The summed E-state index contributed by atoms with van der Waals surface area (Å²) in [6.45, 7) is 4.19. The van der Waals surface area contributed by atoms with Gasteiger partial charge in [0.15, 0.2) is 6.04 Å². The lowest BCUT2D eigenvalue weighted by Crippen LogP contribution is -2.45. The minimum atomic E-state index is -0.167. The van der Waals surface area contributed by atoms with Crippen LogP contribution in [0.2, 0.25) is 0 Å². The average molecular weight is 307 g/mol. The highest BCUT2D eigenvalue weighted by atomic mass is 16.2. The van der Waals surface area contributed by atoms with E-state index in [1.54, 1.807) is 10.8 Å². The van der Waals surface area contributed by atoms with Gasteiger partial charge in [0.05, 0.1) is 0 Å². The summed E-state index contributed by atoms with van der Waals surface area (Å²) < 4.78 is 1.70. The van der Waals surface area contributed by atoms with Crippen LogP contribution in [0.5, 0.6) is 0 Å². The van der Waals surface area contributed by atoms with E-state index in [-0.39, 0.29) is 11.9 Å². The van der Waals surface area contributed by atoms with E-state index in [1.807, 2.05) is 30.6 Å². The Morgan fingerprint density at radius 2 is 2.17 bits per heavy atom. The van der Waals surface area contributed by atoms with Gasteiger partial charge in [-0.2, -0.15) is 4.57 Å². The topological polar surface area (TPSA) is 61.7 Å². The van der Waals surface area contributed by atoms with Crippen molar-refractivity contribution in [2.45, 2.75) is 26.3 Å². The van der Waals surface area contributed by atoms with E-state index in [2.05, 4.69) is 35.2 Å². The molecule has 0 bridgehead atoms. The Morgan fingerprint density at radius 1 is 1.35 bits per heavy atom. The maximum absolute atomic E-state index is 12.6. The number of hydrogen-bond donors (Lipinski definition) is 2. The molecule has 0 saturated carbocycles. The van der Waals surface area contributed by atoms with Crippen LogP contribution in [0.3, 0.4) is 0 Å². The summed E-state index contributed by atoms with van der Waals surface area (Å²) in [6.07, 6.45) is 6.49. The Morgan fingerprint density at radius 3 is 3.00 bits per heavy atom. The van der Waals surface area contributed by atoms with Gasteiger partial charge < -0.3 is 4.98 Å². The first kappa shape index (κ1) is 13.9. The summed E-state index contributed by atoms with van der Waals surface area (Å²) >= 11 is 0. The minimum absolute atomic E-state index is 0.0952. The summed E-state index contributed by atoms with van der Waals surface area (Å²) in [6, 6.07) is 7.93. The maximum Gasteiger partial charge on any atom is 0.359 e. The Hall–Kier alpha value is -2.69. The lowest BCUT2D eigenvalue weighted by atomic mass is 9.99. The molecule has 5 nitrogen and oxygen atoms in total. The van der Waals surface area contributed by atoms with Gasteiger partial charge in [0.1, 0.15) is 18.1 Å². The first-order valence-corrected chi connectivity index (χ1v) is 7.98. The van der Waals surface area contributed by atoms with Gasteiger partial charge >= 0.3 is 11.7 Å². The van der Waals surface area contributed by atoms with E-state index < -0.39 is 0 Å². The Bertz CT molecular complexity index is 899. The van der Waals surface area contributed by atoms with Crippen LogP contribution in [-0.2, 0) is 0 Å². The van der Waals surface area contributed by atoms with Crippen molar-refractivity contribution in [1.82, 2.24) is 9.97 Å². The second-order valence-electron chi connectivity index (χ2n) is 6.12. The van der Waals surface area contributed by atoms with Gasteiger partial charge in [-0.15, -0.1) is 0 Å². The number of H-pyrrole nitrogens is 1. The van der Waals surface area contributed by atoms with Crippen LogP contribution in [0, 0.1) is 5.92 Å². The van der Waals surface area contributed by atoms with Gasteiger partial charge in [-0.05, 0) is 12.5 Å². The summed E-state index contributed by atoms with van der Waals surface area (Å²) in [5.74, 6) is 1.15. The molecular formula is C18H19N4O+. The molecule has 0 spiro atoms. The van der Waals surface area contributed by atoms with Crippen LogP contribution in [-0.4, -0.2) is 21.9 Å². The molecule has 23 heavy (non-hydrogen) atoms. The van der Waals surface area contributed by atoms with E-state index in [0.29, 0.717) is 5.92 Å². The Kier molecular flexibility index (Phi) is 3.15. The number of carbonyl (C=O) groups is 1. The smallest absolute Gasteiger partial charge is 0.359 e. The normalized spacial score (nSPS) is 18.0. The molecule has 116 valence electrons. The Labute approximate surface area is 134 Å². The average Bonchev–Trinajstić information content (AvgIpc) is 3.15. The molecule has 2 aromatic heterocycles. The van der Waals surface area contributed by atoms with Crippen molar-refractivity contribution in [3.63, 3.8) is 0 Å². The lowest BCUT2D eigenvalue weighted by Gasteiger charge is -2.09. The molecule has 0 fully saturated rings. The maximum atomic E-state index is 12.6. The molecule has 1 aromatic carbocycles. The lowest BCUT2D eigenvalue weighted by molar-refractivity contribution is -0.552. The van der Waals surface area contributed by atoms with Crippen LogP contribution >= 0.6 is 0 Å². The predicted octanol–water partition coefficient (Wildman–Crippen LogP) is 3.00. The number of carbonyl (C=O) groups excluding carboxylic acids is 1. The molecule has 3 heterocycles. The van der Waals surface area contributed by atoms with Crippen molar-refractivity contribution < 1.29 is 9.36 Å². The molecule has 0 amide bonds. The molecule has 5 heteroatoms. The zero-order chi connectivity index (χ0) is 16.0. The van der Waals surface area contributed by atoms with E-state index in [0.717, 1.165) is 34.4 Å². The monoisotopic (exact) mass is 307 g/mol. The van der Waals surface area contributed by atoms with Crippen LogP contribution in [0.15, 0.2) is 42.9 Å².